The average Bonchev–Trinajstić information content (AvgIpc) is 3.16. The molecule has 110 valence electrons. The van der Waals surface area contributed by atoms with E-state index in [1.807, 2.05) is 17.0 Å². The summed E-state index contributed by atoms with van der Waals surface area (Å²) in [5, 5.41) is 7.71. The molecule has 1 aromatic carbocycles. The number of aromatic amines is 1. The number of amides is 1. The molecule has 2 aromatic rings. The van der Waals surface area contributed by atoms with E-state index in [0.29, 0.717) is 17.3 Å². The number of H-pyrrole nitrogens is 1. The van der Waals surface area contributed by atoms with Crippen LogP contribution in [0.1, 0.15) is 23.3 Å². The van der Waals surface area contributed by atoms with Gasteiger partial charge in [-0.2, -0.15) is 5.10 Å². The van der Waals surface area contributed by atoms with Crippen LogP contribution in [0.5, 0.6) is 0 Å². The van der Waals surface area contributed by atoms with E-state index < -0.39 is 0 Å². The standard InChI is InChI=1S/C15H17ClN4O/c16-11-5-3-10(4-6-11)13-8-14(19-18-13)15(21)20-7-1-2-12(20)9-17/h3-6,8,12H,1-2,7,9,17H2,(H,18,19)/t12-/m1/s1. The van der Waals surface area contributed by atoms with Crippen molar-refractivity contribution in [3.63, 3.8) is 0 Å². The highest BCUT2D eigenvalue weighted by molar-refractivity contribution is 6.30. The van der Waals surface area contributed by atoms with E-state index in [4.69, 9.17) is 17.3 Å². The zero-order valence-electron chi connectivity index (χ0n) is 11.6. The predicted molar refractivity (Wildman–Crippen MR) is 82.1 cm³/mol. The van der Waals surface area contributed by atoms with E-state index in [9.17, 15) is 4.79 Å². The lowest BCUT2D eigenvalue weighted by Gasteiger charge is -2.22. The van der Waals surface area contributed by atoms with Crippen LogP contribution in [-0.4, -0.2) is 40.1 Å². The zero-order valence-corrected chi connectivity index (χ0v) is 12.3. The summed E-state index contributed by atoms with van der Waals surface area (Å²) in [6.45, 7) is 1.26. The minimum atomic E-state index is -0.0318. The van der Waals surface area contributed by atoms with Crippen LogP contribution in [0.15, 0.2) is 30.3 Å². The largest absolute Gasteiger partial charge is 0.333 e. The second kappa shape index (κ2) is 5.87. The molecule has 1 saturated heterocycles. The van der Waals surface area contributed by atoms with Crippen LogP contribution in [0, 0.1) is 0 Å². The second-order valence-corrected chi connectivity index (χ2v) is 5.64. The van der Waals surface area contributed by atoms with E-state index in [-0.39, 0.29) is 11.9 Å². The fourth-order valence-electron chi connectivity index (χ4n) is 2.70. The van der Waals surface area contributed by atoms with Gasteiger partial charge in [0.15, 0.2) is 0 Å². The molecule has 6 heteroatoms. The van der Waals surface area contributed by atoms with Crippen LogP contribution >= 0.6 is 11.6 Å². The van der Waals surface area contributed by atoms with Gasteiger partial charge in [-0.3, -0.25) is 9.89 Å². The summed E-state index contributed by atoms with van der Waals surface area (Å²) in [6, 6.07) is 9.28. The highest BCUT2D eigenvalue weighted by Crippen LogP contribution is 2.23. The second-order valence-electron chi connectivity index (χ2n) is 5.20. The van der Waals surface area contributed by atoms with Gasteiger partial charge in [-0.15, -0.1) is 0 Å². The first kappa shape index (κ1) is 14.1. The van der Waals surface area contributed by atoms with E-state index >= 15 is 0 Å². The highest BCUT2D eigenvalue weighted by atomic mass is 35.5. The number of nitrogens with two attached hydrogens (primary N) is 1. The van der Waals surface area contributed by atoms with Crippen molar-refractivity contribution in [2.24, 2.45) is 5.73 Å². The highest BCUT2D eigenvalue weighted by Gasteiger charge is 2.29. The van der Waals surface area contributed by atoms with Crippen molar-refractivity contribution in [1.29, 1.82) is 0 Å². The Morgan fingerprint density at radius 1 is 1.43 bits per heavy atom. The van der Waals surface area contributed by atoms with Gasteiger partial charge in [-0.05, 0) is 31.0 Å². The minimum absolute atomic E-state index is 0.0318. The fourth-order valence-corrected chi connectivity index (χ4v) is 2.83. The molecule has 1 atom stereocenters. The smallest absolute Gasteiger partial charge is 0.272 e. The number of likely N-dealkylation sites (tertiary alicyclic amines) is 1. The summed E-state index contributed by atoms with van der Waals surface area (Å²) in [4.78, 5) is 14.3. The van der Waals surface area contributed by atoms with E-state index in [0.717, 1.165) is 30.6 Å². The summed E-state index contributed by atoms with van der Waals surface area (Å²) in [7, 11) is 0. The molecule has 0 aliphatic carbocycles. The van der Waals surface area contributed by atoms with Gasteiger partial charge in [0.05, 0.1) is 5.69 Å². The molecular weight excluding hydrogens is 288 g/mol. The van der Waals surface area contributed by atoms with Crippen LogP contribution in [0.2, 0.25) is 5.02 Å². The maximum Gasteiger partial charge on any atom is 0.272 e. The van der Waals surface area contributed by atoms with Gasteiger partial charge in [-0.25, -0.2) is 0 Å². The average molecular weight is 305 g/mol. The van der Waals surface area contributed by atoms with Crippen LogP contribution in [0.25, 0.3) is 11.3 Å². The molecule has 3 rings (SSSR count). The monoisotopic (exact) mass is 304 g/mol. The number of rotatable bonds is 3. The zero-order chi connectivity index (χ0) is 14.8. The number of benzene rings is 1. The Hall–Kier alpha value is -1.85. The van der Waals surface area contributed by atoms with E-state index in [2.05, 4.69) is 10.2 Å². The number of nitrogens with zero attached hydrogens (tertiary/aromatic N) is 2. The lowest BCUT2D eigenvalue weighted by Crippen LogP contribution is -2.40. The topological polar surface area (TPSA) is 75.0 Å². The van der Waals surface area contributed by atoms with Crippen molar-refractivity contribution in [3.05, 3.63) is 41.0 Å². The third-order valence-corrected chi connectivity index (χ3v) is 4.11. The number of nitrogens with one attached hydrogen (secondary N) is 1. The molecule has 21 heavy (non-hydrogen) atoms. The van der Waals surface area contributed by atoms with Gasteiger partial charge in [0, 0.05) is 29.7 Å². The Morgan fingerprint density at radius 3 is 2.90 bits per heavy atom. The molecule has 0 spiro atoms. The molecule has 0 unspecified atom stereocenters. The third kappa shape index (κ3) is 2.80. The Morgan fingerprint density at radius 2 is 2.19 bits per heavy atom. The summed E-state index contributed by atoms with van der Waals surface area (Å²) in [5.74, 6) is -0.0318. The van der Waals surface area contributed by atoms with Crippen molar-refractivity contribution < 1.29 is 4.79 Å². The van der Waals surface area contributed by atoms with Crippen molar-refractivity contribution in [2.45, 2.75) is 18.9 Å². The maximum absolute atomic E-state index is 12.5. The van der Waals surface area contributed by atoms with E-state index in [1.165, 1.54) is 0 Å². The molecule has 0 saturated carbocycles. The Kier molecular flexibility index (Phi) is 3.94. The number of carbonyl (C=O) groups is 1. The number of carbonyl (C=O) groups excluding carboxylic acids is 1. The van der Waals surface area contributed by atoms with Crippen LogP contribution in [0.3, 0.4) is 0 Å². The molecule has 1 aromatic heterocycles. The van der Waals surface area contributed by atoms with Crippen molar-refractivity contribution in [2.75, 3.05) is 13.1 Å². The summed E-state index contributed by atoms with van der Waals surface area (Å²) in [5.41, 5.74) is 7.88. The first-order chi connectivity index (χ1) is 10.2. The normalized spacial score (nSPS) is 18.2. The van der Waals surface area contributed by atoms with Gasteiger partial charge in [0.1, 0.15) is 5.69 Å². The van der Waals surface area contributed by atoms with Gasteiger partial charge in [-0.1, -0.05) is 23.7 Å². The van der Waals surface area contributed by atoms with Crippen LogP contribution in [-0.2, 0) is 0 Å². The molecule has 2 heterocycles. The van der Waals surface area contributed by atoms with Crippen molar-refractivity contribution in [3.8, 4) is 11.3 Å². The van der Waals surface area contributed by atoms with Crippen LogP contribution in [0.4, 0.5) is 0 Å². The molecule has 5 nitrogen and oxygen atoms in total. The summed E-state index contributed by atoms with van der Waals surface area (Å²) >= 11 is 5.87. The van der Waals surface area contributed by atoms with E-state index in [1.54, 1.807) is 18.2 Å². The lowest BCUT2D eigenvalue weighted by atomic mass is 10.1. The SMILES string of the molecule is NC[C@H]1CCCN1C(=O)c1cc(-c2ccc(Cl)cc2)n[nH]1. The van der Waals surface area contributed by atoms with Gasteiger partial charge < -0.3 is 10.6 Å². The Balaban J connectivity index is 1.81. The third-order valence-electron chi connectivity index (χ3n) is 3.86. The quantitative estimate of drug-likeness (QED) is 0.913. The van der Waals surface area contributed by atoms with Gasteiger partial charge in [0.25, 0.3) is 5.91 Å². The number of hydrogen-bond donors (Lipinski definition) is 2. The van der Waals surface area contributed by atoms with Crippen molar-refractivity contribution >= 4 is 17.5 Å². The number of halogens is 1. The maximum atomic E-state index is 12.5. The van der Waals surface area contributed by atoms with Gasteiger partial charge in [0.2, 0.25) is 0 Å². The fraction of sp³-hybridized carbons (Fsp3) is 0.333. The summed E-state index contributed by atoms with van der Waals surface area (Å²) < 4.78 is 0. The first-order valence-electron chi connectivity index (χ1n) is 7.01. The first-order valence-corrected chi connectivity index (χ1v) is 7.39. The Bertz CT molecular complexity index is 637. The summed E-state index contributed by atoms with van der Waals surface area (Å²) in [6.07, 6.45) is 1.98. The van der Waals surface area contributed by atoms with Crippen LogP contribution < -0.4 is 5.73 Å². The Labute approximate surface area is 128 Å². The number of hydrogen-bond acceptors (Lipinski definition) is 3. The molecule has 1 fully saturated rings. The molecule has 1 aliphatic heterocycles. The molecular formula is C15H17ClN4O. The number of aromatic nitrogens is 2. The molecule has 1 amide bonds. The predicted octanol–water partition coefficient (Wildman–Crippen LogP) is 2.29. The molecule has 3 N–H and O–H groups in total. The minimum Gasteiger partial charge on any atom is -0.333 e. The molecule has 1 aliphatic rings. The molecule has 0 radical (unpaired) electrons. The van der Waals surface area contributed by atoms with Gasteiger partial charge >= 0.3 is 0 Å². The molecule has 0 bridgehead atoms. The van der Waals surface area contributed by atoms with Crippen molar-refractivity contribution in [1.82, 2.24) is 15.1 Å². The lowest BCUT2D eigenvalue weighted by molar-refractivity contribution is 0.0735.